The van der Waals surface area contributed by atoms with Crippen LogP contribution in [0.15, 0.2) is 0 Å². The zero-order valence-electron chi connectivity index (χ0n) is 23.1. The Hall–Kier alpha value is -1.43. The average molecular weight is 708 g/mol. The van der Waals surface area contributed by atoms with Gasteiger partial charge in [-0.1, -0.05) is 0 Å². The summed E-state index contributed by atoms with van der Waals surface area (Å²) in [6.45, 7) is 2.50. The Kier molecular flexibility index (Phi) is 10.3. The molecular weight excluding hydrogens is 683 g/mol. The van der Waals surface area contributed by atoms with Crippen LogP contribution in [0.3, 0.4) is 0 Å². The van der Waals surface area contributed by atoms with Gasteiger partial charge in [-0.25, -0.2) is 0 Å². The van der Waals surface area contributed by atoms with Crippen LogP contribution in [-0.4, -0.2) is 109 Å². The number of halogens is 17. The molecule has 4 atom stereocenters. The van der Waals surface area contributed by atoms with Gasteiger partial charge in [0.15, 0.2) is 11.6 Å². The third-order valence-corrected chi connectivity index (χ3v) is 6.66. The third kappa shape index (κ3) is 6.66. The largest absolute Gasteiger partial charge is 0.460 e. The van der Waals surface area contributed by atoms with Crippen LogP contribution in [0.25, 0.3) is 0 Å². The molecule has 6 nitrogen and oxygen atoms in total. The predicted octanol–water partition coefficient (Wildman–Crippen LogP) is 6.44. The van der Waals surface area contributed by atoms with Crippen LogP contribution in [0.5, 0.6) is 0 Å². The standard InChI is InChI=1S/C22H25F17O6/c1-13(2)42-7-9(44-13)11(40)12(10-8-43-14(3,4)45-10)41-6-5-15(23,24)16(25,26)17(27,28)18(29,30)19(31,32)20(33,34)21(35,36)22(37,38)39/h9-12,40H,5-8H2,1-4H3. The molecule has 0 aromatic rings. The van der Waals surface area contributed by atoms with E-state index in [0.717, 1.165) is 0 Å². The maximum atomic E-state index is 14.3. The van der Waals surface area contributed by atoms with Crippen LogP contribution >= 0.6 is 0 Å². The lowest BCUT2D eigenvalue weighted by molar-refractivity contribution is -0.462. The molecule has 2 aliphatic heterocycles. The summed E-state index contributed by atoms with van der Waals surface area (Å²) in [7, 11) is 0. The second-order valence-electron chi connectivity index (χ2n) is 11.0. The van der Waals surface area contributed by atoms with Gasteiger partial charge in [-0.2, -0.15) is 74.6 Å². The molecule has 268 valence electrons. The minimum absolute atomic E-state index is 0.396. The van der Waals surface area contributed by atoms with E-state index in [4.69, 9.17) is 23.7 Å². The van der Waals surface area contributed by atoms with E-state index in [9.17, 15) is 79.7 Å². The number of aliphatic hydroxyl groups is 1. The molecule has 4 unspecified atom stereocenters. The number of ether oxygens (including phenoxy) is 5. The van der Waals surface area contributed by atoms with Crippen molar-refractivity contribution < 1.29 is 103 Å². The summed E-state index contributed by atoms with van der Waals surface area (Å²) in [5.41, 5.74) is 0. The van der Waals surface area contributed by atoms with Crippen molar-refractivity contribution >= 4 is 0 Å². The van der Waals surface area contributed by atoms with Gasteiger partial charge >= 0.3 is 47.6 Å². The molecule has 0 aliphatic carbocycles. The van der Waals surface area contributed by atoms with E-state index < -0.39 is 110 Å². The van der Waals surface area contributed by atoms with Crippen LogP contribution in [0, 0.1) is 0 Å². The van der Waals surface area contributed by atoms with Crippen LogP contribution < -0.4 is 0 Å². The summed E-state index contributed by atoms with van der Waals surface area (Å²) < 4.78 is 255. The van der Waals surface area contributed by atoms with E-state index in [1.165, 1.54) is 27.7 Å². The van der Waals surface area contributed by atoms with Gasteiger partial charge < -0.3 is 28.8 Å². The van der Waals surface area contributed by atoms with Crippen molar-refractivity contribution in [1.29, 1.82) is 0 Å². The Morgan fingerprint density at radius 2 is 0.956 bits per heavy atom. The molecule has 2 saturated heterocycles. The molecule has 1 N–H and O–H groups in total. The summed E-state index contributed by atoms with van der Waals surface area (Å²) >= 11 is 0. The van der Waals surface area contributed by atoms with E-state index >= 15 is 0 Å². The Morgan fingerprint density at radius 1 is 0.600 bits per heavy atom. The molecule has 0 aromatic heterocycles. The van der Waals surface area contributed by atoms with E-state index in [-0.39, 0.29) is 0 Å². The summed E-state index contributed by atoms with van der Waals surface area (Å²) in [4.78, 5) is 0. The van der Waals surface area contributed by atoms with E-state index in [1.54, 1.807) is 0 Å². The highest BCUT2D eigenvalue weighted by molar-refractivity contribution is 5.15. The lowest BCUT2D eigenvalue weighted by Gasteiger charge is -2.42. The highest BCUT2D eigenvalue weighted by atomic mass is 19.4. The van der Waals surface area contributed by atoms with Crippen molar-refractivity contribution in [2.75, 3.05) is 19.8 Å². The van der Waals surface area contributed by atoms with Gasteiger partial charge in [0.2, 0.25) is 0 Å². The van der Waals surface area contributed by atoms with Gasteiger partial charge in [-0.3, -0.25) is 0 Å². The summed E-state index contributed by atoms with van der Waals surface area (Å²) in [6.07, 6.45) is -17.3. The minimum atomic E-state index is -8.71. The highest BCUT2D eigenvalue weighted by Gasteiger charge is 2.95. The Bertz CT molecular complexity index is 1050. The summed E-state index contributed by atoms with van der Waals surface area (Å²) in [6, 6.07) is 0. The van der Waals surface area contributed by atoms with Gasteiger partial charge in [0, 0.05) is 6.42 Å². The topological polar surface area (TPSA) is 66.4 Å². The van der Waals surface area contributed by atoms with Crippen LogP contribution in [0.4, 0.5) is 74.6 Å². The normalized spacial score (nSPS) is 25.5. The van der Waals surface area contributed by atoms with Crippen LogP contribution in [-0.2, 0) is 23.7 Å². The first-order valence-electron chi connectivity index (χ1n) is 12.3. The molecule has 0 aromatic carbocycles. The number of rotatable bonds is 13. The van der Waals surface area contributed by atoms with E-state index in [0.29, 0.717) is 0 Å². The van der Waals surface area contributed by atoms with Crippen molar-refractivity contribution in [3.8, 4) is 0 Å². The van der Waals surface area contributed by atoms with Crippen molar-refractivity contribution in [3.63, 3.8) is 0 Å². The second kappa shape index (κ2) is 11.6. The maximum absolute atomic E-state index is 14.3. The minimum Gasteiger partial charge on any atom is -0.387 e. The zero-order valence-corrected chi connectivity index (χ0v) is 23.1. The Balaban J connectivity index is 2.35. The van der Waals surface area contributed by atoms with Gasteiger partial charge in [0.1, 0.15) is 24.4 Å². The van der Waals surface area contributed by atoms with Crippen molar-refractivity contribution in [1.82, 2.24) is 0 Å². The highest BCUT2D eigenvalue weighted by Crippen LogP contribution is 2.64. The number of hydrogen-bond donors (Lipinski definition) is 1. The lowest BCUT2D eigenvalue weighted by atomic mass is 9.88. The molecule has 2 fully saturated rings. The second-order valence-corrected chi connectivity index (χ2v) is 11.0. The molecule has 0 spiro atoms. The number of alkyl halides is 17. The van der Waals surface area contributed by atoms with Crippen LogP contribution in [0.2, 0.25) is 0 Å². The SMILES string of the molecule is CC1(C)OCC(C(O)C(OCCC(F)(F)C(F)(F)C(F)(F)C(F)(F)C(F)(F)C(F)(F)C(F)(F)C(F)(F)F)C2COC(C)(C)O2)O1. The molecule has 0 amide bonds. The molecule has 0 bridgehead atoms. The Morgan fingerprint density at radius 3 is 1.31 bits per heavy atom. The molecule has 23 heteroatoms. The fourth-order valence-electron chi connectivity index (χ4n) is 4.07. The molecule has 2 aliphatic rings. The first-order chi connectivity index (χ1) is 19.6. The van der Waals surface area contributed by atoms with Gasteiger partial charge in [0.25, 0.3) is 0 Å². The average Bonchev–Trinajstić information content (AvgIpc) is 3.40. The third-order valence-electron chi connectivity index (χ3n) is 6.66. The Labute approximate surface area is 242 Å². The zero-order chi connectivity index (χ0) is 35.7. The number of hydrogen-bond acceptors (Lipinski definition) is 6. The first-order valence-corrected chi connectivity index (χ1v) is 12.3. The van der Waals surface area contributed by atoms with Crippen molar-refractivity contribution in [3.05, 3.63) is 0 Å². The quantitative estimate of drug-likeness (QED) is 0.223. The molecule has 2 heterocycles. The van der Waals surface area contributed by atoms with Crippen molar-refractivity contribution in [2.45, 2.75) is 118 Å². The predicted molar refractivity (Wildman–Crippen MR) is 111 cm³/mol. The van der Waals surface area contributed by atoms with E-state index in [1.807, 2.05) is 0 Å². The smallest absolute Gasteiger partial charge is 0.387 e. The van der Waals surface area contributed by atoms with Gasteiger partial charge in [-0.05, 0) is 27.7 Å². The fraction of sp³-hybridized carbons (Fsp3) is 1.00. The molecule has 45 heavy (non-hydrogen) atoms. The van der Waals surface area contributed by atoms with Gasteiger partial charge in [0.05, 0.1) is 19.8 Å². The van der Waals surface area contributed by atoms with Crippen LogP contribution in [0.1, 0.15) is 34.1 Å². The fourth-order valence-corrected chi connectivity index (χ4v) is 4.07. The molecule has 0 radical (unpaired) electrons. The molecule has 2 rings (SSSR count). The maximum Gasteiger partial charge on any atom is 0.460 e. The van der Waals surface area contributed by atoms with Crippen molar-refractivity contribution in [2.24, 2.45) is 0 Å². The summed E-state index contributed by atoms with van der Waals surface area (Å²) in [5.74, 6) is -59.9. The number of aliphatic hydroxyl groups excluding tert-OH is 1. The monoisotopic (exact) mass is 708 g/mol. The van der Waals surface area contributed by atoms with E-state index in [2.05, 4.69) is 0 Å². The first kappa shape index (κ1) is 39.7. The molecular formula is C22H25F17O6. The summed E-state index contributed by atoms with van der Waals surface area (Å²) in [5, 5.41) is 10.7. The van der Waals surface area contributed by atoms with Gasteiger partial charge in [-0.15, -0.1) is 0 Å². The molecule has 0 saturated carbocycles. The lowest BCUT2D eigenvalue weighted by Crippen LogP contribution is -2.74.